The van der Waals surface area contributed by atoms with Gasteiger partial charge < -0.3 is 20.5 Å². The molecule has 1 aromatic carbocycles. The predicted octanol–water partition coefficient (Wildman–Crippen LogP) is 2.70. The van der Waals surface area contributed by atoms with Crippen molar-refractivity contribution in [1.29, 1.82) is 0 Å². The number of carboxylic acids is 1. The number of halogens is 1. The lowest BCUT2D eigenvalue weighted by Crippen LogP contribution is -2.33. The Balaban J connectivity index is 1.95. The number of aromatic hydroxyl groups is 1. The molecule has 1 amide bonds. The number of H-pyrrole nitrogens is 1. The highest BCUT2D eigenvalue weighted by Gasteiger charge is 2.22. The standard InChI is InChI=1S/C20H23FN2O5/c21-13-8-12(7-6-11-4-2-1-3-5-11)17-14(9-13)18(26)16(20(28)23-17)19(27)22-10-15(24)25/h8-9,11H,1-7,10H2,(H,22,27)(H,24,25)(H2,23,26,28). The number of aliphatic carboxylic acids is 1. The molecule has 7 nitrogen and oxygen atoms in total. The van der Waals surface area contributed by atoms with Crippen LogP contribution in [0.3, 0.4) is 0 Å². The summed E-state index contributed by atoms with van der Waals surface area (Å²) in [6.07, 6.45) is 7.34. The molecular weight excluding hydrogens is 367 g/mol. The molecule has 2 aromatic rings. The van der Waals surface area contributed by atoms with Crippen LogP contribution in [-0.4, -0.2) is 33.6 Å². The minimum absolute atomic E-state index is 0.0266. The van der Waals surface area contributed by atoms with Crippen molar-refractivity contribution < 1.29 is 24.2 Å². The van der Waals surface area contributed by atoms with Crippen molar-refractivity contribution in [3.05, 3.63) is 39.4 Å². The van der Waals surface area contributed by atoms with E-state index < -0.39 is 41.1 Å². The monoisotopic (exact) mass is 390 g/mol. The van der Waals surface area contributed by atoms with Crippen molar-refractivity contribution in [2.45, 2.75) is 44.9 Å². The minimum Gasteiger partial charge on any atom is -0.506 e. The molecule has 1 aliphatic rings. The number of rotatable bonds is 6. The fourth-order valence-corrected chi connectivity index (χ4v) is 3.90. The van der Waals surface area contributed by atoms with Crippen molar-refractivity contribution in [2.75, 3.05) is 6.54 Å². The first-order chi connectivity index (χ1) is 13.4. The molecule has 0 bridgehead atoms. The van der Waals surface area contributed by atoms with Crippen LogP contribution in [0, 0.1) is 11.7 Å². The second kappa shape index (κ2) is 8.41. The summed E-state index contributed by atoms with van der Waals surface area (Å²) >= 11 is 0. The van der Waals surface area contributed by atoms with Crippen molar-refractivity contribution >= 4 is 22.8 Å². The average Bonchev–Trinajstić information content (AvgIpc) is 2.66. The molecule has 0 radical (unpaired) electrons. The number of aromatic amines is 1. The summed E-state index contributed by atoms with van der Waals surface area (Å²) in [5.74, 6) is -2.99. The van der Waals surface area contributed by atoms with Crippen LogP contribution < -0.4 is 10.9 Å². The van der Waals surface area contributed by atoms with Gasteiger partial charge in [-0.3, -0.25) is 14.4 Å². The molecular formula is C20H23FN2O5. The fourth-order valence-electron chi connectivity index (χ4n) is 3.90. The van der Waals surface area contributed by atoms with Crippen molar-refractivity contribution in [3.8, 4) is 5.75 Å². The summed E-state index contributed by atoms with van der Waals surface area (Å²) in [6.45, 7) is -0.703. The number of pyridine rings is 1. The van der Waals surface area contributed by atoms with Crippen LogP contribution in [0.25, 0.3) is 10.9 Å². The molecule has 1 heterocycles. The Morgan fingerprint density at radius 3 is 2.61 bits per heavy atom. The number of aromatic nitrogens is 1. The van der Waals surface area contributed by atoms with E-state index in [-0.39, 0.29) is 5.39 Å². The zero-order valence-corrected chi connectivity index (χ0v) is 15.4. The van der Waals surface area contributed by atoms with E-state index in [9.17, 15) is 23.9 Å². The molecule has 150 valence electrons. The third kappa shape index (κ3) is 4.32. The zero-order chi connectivity index (χ0) is 20.3. The maximum Gasteiger partial charge on any atom is 0.322 e. The lowest BCUT2D eigenvalue weighted by atomic mass is 9.85. The first kappa shape index (κ1) is 19.9. The molecule has 0 atom stereocenters. The fraction of sp³-hybridized carbons (Fsp3) is 0.450. The van der Waals surface area contributed by atoms with E-state index in [0.29, 0.717) is 23.4 Å². The molecule has 0 saturated heterocycles. The maximum atomic E-state index is 14.1. The summed E-state index contributed by atoms with van der Waals surface area (Å²) < 4.78 is 14.1. The summed E-state index contributed by atoms with van der Waals surface area (Å²) in [7, 11) is 0. The van der Waals surface area contributed by atoms with Crippen molar-refractivity contribution in [2.24, 2.45) is 5.92 Å². The number of hydrogen-bond acceptors (Lipinski definition) is 4. The Bertz CT molecular complexity index is 963. The van der Waals surface area contributed by atoms with E-state index in [1.165, 1.54) is 25.3 Å². The molecule has 3 rings (SSSR count). The molecule has 28 heavy (non-hydrogen) atoms. The van der Waals surface area contributed by atoms with Crippen molar-refractivity contribution in [3.63, 3.8) is 0 Å². The molecule has 1 fully saturated rings. The zero-order valence-electron chi connectivity index (χ0n) is 15.4. The molecule has 1 aromatic heterocycles. The highest BCUT2D eigenvalue weighted by molar-refractivity contribution is 6.03. The lowest BCUT2D eigenvalue weighted by molar-refractivity contribution is -0.135. The first-order valence-corrected chi connectivity index (χ1v) is 9.44. The summed E-state index contributed by atoms with van der Waals surface area (Å²) in [5.41, 5.74) is -0.601. The minimum atomic E-state index is -1.29. The average molecular weight is 390 g/mol. The molecule has 1 saturated carbocycles. The Morgan fingerprint density at radius 2 is 1.93 bits per heavy atom. The first-order valence-electron chi connectivity index (χ1n) is 9.44. The SMILES string of the molecule is O=C(O)CNC(=O)c1c(O)c2cc(F)cc(CCC3CCCCC3)c2[nH]c1=O. The van der Waals surface area contributed by atoms with Crippen LogP contribution >= 0.6 is 0 Å². The van der Waals surface area contributed by atoms with Gasteiger partial charge in [0, 0.05) is 5.39 Å². The van der Waals surface area contributed by atoms with Gasteiger partial charge in [-0.1, -0.05) is 32.1 Å². The highest BCUT2D eigenvalue weighted by atomic mass is 19.1. The van der Waals surface area contributed by atoms with Gasteiger partial charge in [-0.05, 0) is 36.5 Å². The molecule has 0 spiro atoms. The number of carboxylic acid groups (broad SMARTS) is 1. The second-order valence-electron chi connectivity index (χ2n) is 7.28. The van der Waals surface area contributed by atoms with Crippen LogP contribution in [0.1, 0.15) is 54.4 Å². The van der Waals surface area contributed by atoms with Gasteiger partial charge in [-0.15, -0.1) is 0 Å². The van der Waals surface area contributed by atoms with Gasteiger partial charge in [0.05, 0.1) is 5.52 Å². The Labute approximate surface area is 160 Å². The second-order valence-corrected chi connectivity index (χ2v) is 7.28. The van der Waals surface area contributed by atoms with E-state index in [1.54, 1.807) is 0 Å². The number of aryl methyl sites for hydroxylation is 1. The van der Waals surface area contributed by atoms with Crippen LogP contribution in [0.15, 0.2) is 16.9 Å². The van der Waals surface area contributed by atoms with Gasteiger partial charge in [0.2, 0.25) is 0 Å². The molecule has 1 aliphatic carbocycles. The topological polar surface area (TPSA) is 119 Å². The Morgan fingerprint density at radius 1 is 1.21 bits per heavy atom. The summed E-state index contributed by atoms with van der Waals surface area (Å²) in [5, 5.41) is 21.1. The number of fused-ring (bicyclic) bond motifs is 1. The number of nitrogens with one attached hydrogen (secondary N) is 2. The highest BCUT2D eigenvalue weighted by Crippen LogP contribution is 2.31. The third-order valence-electron chi connectivity index (χ3n) is 5.32. The number of amides is 1. The van der Waals surface area contributed by atoms with E-state index in [4.69, 9.17) is 5.11 Å². The van der Waals surface area contributed by atoms with Gasteiger partial charge in [-0.2, -0.15) is 0 Å². The van der Waals surface area contributed by atoms with E-state index in [1.807, 2.05) is 5.32 Å². The Kier molecular flexibility index (Phi) is 5.96. The third-order valence-corrected chi connectivity index (χ3v) is 5.32. The van der Waals surface area contributed by atoms with Gasteiger partial charge >= 0.3 is 5.97 Å². The number of hydrogen-bond donors (Lipinski definition) is 4. The molecule has 4 N–H and O–H groups in total. The largest absolute Gasteiger partial charge is 0.506 e. The van der Waals surface area contributed by atoms with Crippen LogP contribution in [-0.2, 0) is 11.2 Å². The number of carbonyl (C=O) groups excluding carboxylic acids is 1. The van der Waals surface area contributed by atoms with Gasteiger partial charge in [-0.25, -0.2) is 4.39 Å². The van der Waals surface area contributed by atoms with Crippen LogP contribution in [0.5, 0.6) is 5.75 Å². The Hall–Kier alpha value is -2.90. The molecule has 0 aliphatic heterocycles. The smallest absolute Gasteiger partial charge is 0.322 e. The maximum absolute atomic E-state index is 14.1. The summed E-state index contributed by atoms with van der Waals surface area (Å²) in [4.78, 5) is 37.6. The van der Waals surface area contributed by atoms with E-state index >= 15 is 0 Å². The van der Waals surface area contributed by atoms with Crippen LogP contribution in [0.2, 0.25) is 0 Å². The van der Waals surface area contributed by atoms with Crippen molar-refractivity contribution in [1.82, 2.24) is 10.3 Å². The lowest BCUT2D eigenvalue weighted by Gasteiger charge is -2.21. The quantitative estimate of drug-likeness (QED) is 0.605. The molecule has 8 heteroatoms. The van der Waals surface area contributed by atoms with Crippen LogP contribution in [0.4, 0.5) is 4.39 Å². The summed E-state index contributed by atoms with van der Waals surface area (Å²) in [6, 6.07) is 2.39. The van der Waals surface area contributed by atoms with E-state index in [2.05, 4.69) is 4.98 Å². The van der Waals surface area contributed by atoms with Gasteiger partial charge in [0.1, 0.15) is 23.7 Å². The number of benzene rings is 1. The molecule has 0 unspecified atom stereocenters. The van der Waals surface area contributed by atoms with E-state index in [0.717, 1.165) is 25.3 Å². The van der Waals surface area contributed by atoms with Gasteiger partial charge in [0.25, 0.3) is 11.5 Å². The number of carbonyl (C=O) groups is 2. The normalized spacial score (nSPS) is 14.9. The predicted molar refractivity (Wildman–Crippen MR) is 101 cm³/mol. The van der Waals surface area contributed by atoms with Gasteiger partial charge in [0.15, 0.2) is 0 Å².